The lowest BCUT2D eigenvalue weighted by molar-refractivity contribution is 0.440. The summed E-state index contributed by atoms with van der Waals surface area (Å²) in [5.41, 5.74) is 2.36. The molecule has 0 bridgehead atoms. The summed E-state index contributed by atoms with van der Waals surface area (Å²) in [6, 6.07) is 5.79. The van der Waals surface area contributed by atoms with Gasteiger partial charge >= 0.3 is 0 Å². The first-order valence-electron chi connectivity index (χ1n) is 5.89. The zero-order valence-electron chi connectivity index (χ0n) is 10.5. The summed E-state index contributed by atoms with van der Waals surface area (Å²) < 4.78 is 13.2. The Kier molecular flexibility index (Phi) is 2.79. The SMILES string of the molecule is CNC(c1ccc(F)c(C)c1)C1CC1(C)C. The molecular weight excluding hydrogens is 201 g/mol. The highest BCUT2D eigenvalue weighted by molar-refractivity contribution is 5.28. The molecule has 0 saturated heterocycles. The van der Waals surface area contributed by atoms with Gasteiger partial charge in [0.1, 0.15) is 5.82 Å². The Morgan fingerprint density at radius 3 is 2.50 bits per heavy atom. The summed E-state index contributed by atoms with van der Waals surface area (Å²) in [4.78, 5) is 0. The minimum Gasteiger partial charge on any atom is -0.313 e. The minimum atomic E-state index is -0.117. The highest BCUT2D eigenvalue weighted by Gasteiger charge is 2.50. The molecule has 1 aromatic rings. The number of benzene rings is 1. The summed E-state index contributed by atoms with van der Waals surface area (Å²) in [7, 11) is 1.98. The predicted molar refractivity (Wildman–Crippen MR) is 64.8 cm³/mol. The molecule has 1 aliphatic carbocycles. The van der Waals surface area contributed by atoms with Gasteiger partial charge in [-0.05, 0) is 48.9 Å². The zero-order chi connectivity index (χ0) is 11.9. The molecule has 2 heteroatoms. The van der Waals surface area contributed by atoms with E-state index in [9.17, 15) is 4.39 Å². The van der Waals surface area contributed by atoms with Crippen LogP contribution in [0.1, 0.15) is 37.4 Å². The number of rotatable bonds is 3. The molecule has 0 heterocycles. The number of aryl methyl sites for hydroxylation is 1. The lowest BCUT2D eigenvalue weighted by Gasteiger charge is -2.19. The molecule has 2 atom stereocenters. The van der Waals surface area contributed by atoms with Crippen molar-refractivity contribution in [2.45, 2.75) is 33.2 Å². The van der Waals surface area contributed by atoms with Crippen LogP contribution in [0.3, 0.4) is 0 Å². The van der Waals surface area contributed by atoms with Crippen molar-refractivity contribution in [1.29, 1.82) is 0 Å². The normalized spacial score (nSPS) is 24.2. The highest BCUT2D eigenvalue weighted by atomic mass is 19.1. The standard InChI is InChI=1S/C14H20FN/c1-9-7-10(5-6-12(9)15)13(16-4)11-8-14(11,2)3/h5-7,11,13,16H,8H2,1-4H3. The van der Waals surface area contributed by atoms with Gasteiger partial charge in [-0.1, -0.05) is 26.0 Å². The van der Waals surface area contributed by atoms with Gasteiger partial charge in [0.15, 0.2) is 0 Å². The van der Waals surface area contributed by atoms with Gasteiger partial charge in [0.05, 0.1) is 0 Å². The molecule has 1 aliphatic rings. The molecule has 1 fully saturated rings. The van der Waals surface area contributed by atoms with E-state index in [0.717, 1.165) is 5.56 Å². The third-order valence-corrected chi connectivity index (χ3v) is 3.84. The van der Waals surface area contributed by atoms with Crippen LogP contribution in [-0.2, 0) is 0 Å². The van der Waals surface area contributed by atoms with Crippen LogP contribution in [0, 0.1) is 24.1 Å². The van der Waals surface area contributed by atoms with Gasteiger partial charge in [-0.15, -0.1) is 0 Å². The van der Waals surface area contributed by atoms with Crippen molar-refractivity contribution >= 4 is 0 Å². The number of hydrogen-bond donors (Lipinski definition) is 1. The van der Waals surface area contributed by atoms with Gasteiger partial charge in [-0.25, -0.2) is 4.39 Å². The highest BCUT2D eigenvalue weighted by Crippen LogP contribution is 2.57. The minimum absolute atomic E-state index is 0.117. The van der Waals surface area contributed by atoms with E-state index < -0.39 is 0 Å². The molecule has 88 valence electrons. The molecule has 1 aromatic carbocycles. The van der Waals surface area contributed by atoms with E-state index in [4.69, 9.17) is 0 Å². The van der Waals surface area contributed by atoms with E-state index in [1.54, 1.807) is 6.07 Å². The molecule has 16 heavy (non-hydrogen) atoms. The molecule has 0 spiro atoms. The quantitative estimate of drug-likeness (QED) is 0.824. The van der Waals surface area contributed by atoms with Crippen molar-refractivity contribution in [1.82, 2.24) is 5.32 Å². The summed E-state index contributed by atoms with van der Waals surface area (Å²) in [5, 5.41) is 3.36. The summed E-state index contributed by atoms with van der Waals surface area (Å²) in [5.74, 6) is 0.552. The second-order valence-electron chi connectivity index (χ2n) is 5.57. The van der Waals surface area contributed by atoms with Gasteiger partial charge in [0.25, 0.3) is 0 Å². The smallest absolute Gasteiger partial charge is 0.126 e. The maximum Gasteiger partial charge on any atom is 0.126 e. The summed E-state index contributed by atoms with van der Waals surface area (Å²) in [6.07, 6.45) is 1.24. The van der Waals surface area contributed by atoms with Crippen LogP contribution in [0.15, 0.2) is 18.2 Å². The topological polar surface area (TPSA) is 12.0 Å². The second-order valence-corrected chi connectivity index (χ2v) is 5.57. The van der Waals surface area contributed by atoms with Crippen molar-refractivity contribution in [3.63, 3.8) is 0 Å². The summed E-state index contributed by atoms with van der Waals surface area (Å²) >= 11 is 0. The van der Waals surface area contributed by atoms with E-state index in [2.05, 4.69) is 19.2 Å². The third kappa shape index (κ3) is 1.99. The number of nitrogens with one attached hydrogen (secondary N) is 1. The van der Waals surface area contributed by atoms with Crippen molar-refractivity contribution < 1.29 is 4.39 Å². The maximum absolute atomic E-state index is 13.2. The van der Waals surface area contributed by atoms with Gasteiger partial charge in [-0.2, -0.15) is 0 Å². The Bertz CT molecular complexity index is 398. The molecular formula is C14H20FN. The fraction of sp³-hybridized carbons (Fsp3) is 0.571. The third-order valence-electron chi connectivity index (χ3n) is 3.84. The number of halogens is 1. The average molecular weight is 221 g/mol. The Labute approximate surface area is 97.1 Å². The first kappa shape index (κ1) is 11.6. The Hall–Kier alpha value is -0.890. The first-order chi connectivity index (χ1) is 7.45. The lowest BCUT2D eigenvalue weighted by atomic mass is 9.96. The summed E-state index contributed by atoms with van der Waals surface area (Å²) in [6.45, 7) is 6.40. The van der Waals surface area contributed by atoms with Crippen LogP contribution in [0.4, 0.5) is 4.39 Å². The van der Waals surface area contributed by atoms with Crippen LogP contribution in [0.25, 0.3) is 0 Å². The monoisotopic (exact) mass is 221 g/mol. The first-order valence-corrected chi connectivity index (χ1v) is 5.89. The fourth-order valence-corrected chi connectivity index (χ4v) is 2.54. The van der Waals surface area contributed by atoms with Gasteiger partial charge < -0.3 is 5.32 Å². The Morgan fingerprint density at radius 2 is 2.06 bits per heavy atom. The number of hydrogen-bond acceptors (Lipinski definition) is 1. The molecule has 0 aliphatic heterocycles. The molecule has 0 radical (unpaired) electrons. The van der Waals surface area contributed by atoms with E-state index in [1.807, 2.05) is 26.1 Å². The fourth-order valence-electron chi connectivity index (χ4n) is 2.54. The zero-order valence-corrected chi connectivity index (χ0v) is 10.5. The van der Waals surface area contributed by atoms with Gasteiger partial charge in [-0.3, -0.25) is 0 Å². The van der Waals surface area contributed by atoms with E-state index >= 15 is 0 Å². The van der Waals surface area contributed by atoms with E-state index in [-0.39, 0.29) is 5.82 Å². The molecule has 0 aromatic heterocycles. The van der Waals surface area contributed by atoms with E-state index in [1.165, 1.54) is 12.0 Å². The van der Waals surface area contributed by atoms with E-state index in [0.29, 0.717) is 17.4 Å². The second kappa shape index (κ2) is 3.85. The lowest BCUT2D eigenvalue weighted by Crippen LogP contribution is -2.20. The van der Waals surface area contributed by atoms with Crippen LogP contribution in [0.5, 0.6) is 0 Å². The molecule has 1 N–H and O–H groups in total. The van der Waals surface area contributed by atoms with Crippen LogP contribution < -0.4 is 5.32 Å². The predicted octanol–water partition coefficient (Wildman–Crippen LogP) is 3.44. The Balaban J connectivity index is 2.24. The van der Waals surface area contributed by atoms with Crippen molar-refractivity contribution in [2.75, 3.05) is 7.05 Å². The van der Waals surface area contributed by atoms with Gasteiger partial charge in [0, 0.05) is 6.04 Å². The molecule has 2 unspecified atom stereocenters. The Morgan fingerprint density at radius 1 is 1.44 bits per heavy atom. The van der Waals surface area contributed by atoms with Gasteiger partial charge in [0.2, 0.25) is 0 Å². The molecule has 0 amide bonds. The van der Waals surface area contributed by atoms with Crippen LogP contribution >= 0.6 is 0 Å². The van der Waals surface area contributed by atoms with Crippen LogP contribution in [0.2, 0.25) is 0 Å². The molecule has 2 rings (SSSR count). The molecule has 1 nitrogen and oxygen atoms in total. The van der Waals surface area contributed by atoms with Crippen molar-refractivity contribution in [2.24, 2.45) is 11.3 Å². The van der Waals surface area contributed by atoms with Crippen molar-refractivity contribution in [3.8, 4) is 0 Å². The largest absolute Gasteiger partial charge is 0.313 e. The van der Waals surface area contributed by atoms with Crippen molar-refractivity contribution in [3.05, 3.63) is 35.1 Å². The molecule has 1 saturated carbocycles. The average Bonchev–Trinajstić information content (AvgIpc) is 2.82. The van der Waals surface area contributed by atoms with Crippen LogP contribution in [-0.4, -0.2) is 7.05 Å². The maximum atomic E-state index is 13.2.